The molecule has 0 nitrogen and oxygen atoms in total. The van der Waals surface area contributed by atoms with Gasteiger partial charge in [0.1, 0.15) is 0 Å². The Morgan fingerprint density at radius 2 is 1.27 bits per heavy atom. The highest BCUT2D eigenvalue weighted by atomic mass is 79.9. The first-order chi connectivity index (χ1) is 4.97. The number of thiophene rings is 2. The molecule has 0 radical (unpaired) electrons. The van der Waals surface area contributed by atoms with Gasteiger partial charge in [-0.15, -0.1) is 39.7 Å². The van der Waals surface area contributed by atoms with Crippen LogP contribution in [0.5, 0.6) is 0 Å². The summed E-state index contributed by atoms with van der Waals surface area (Å²) in [4.78, 5) is 2.74. The zero-order valence-electron chi connectivity index (χ0n) is 5.69. The molecule has 2 rings (SSSR count). The normalized spacial score (nSPS) is 9.09. The SMILES string of the molecule is Br.c1csc(-c2cccs2)c1. The Hall–Kier alpha value is -0.120. The Bertz CT molecular complexity index is 252. The number of hydrogen-bond acceptors (Lipinski definition) is 2. The zero-order valence-corrected chi connectivity index (χ0v) is 9.03. The van der Waals surface area contributed by atoms with E-state index in [-0.39, 0.29) is 17.0 Å². The molecule has 0 N–H and O–H groups in total. The van der Waals surface area contributed by atoms with Crippen LogP contribution in [0.1, 0.15) is 0 Å². The predicted octanol–water partition coefficient (Wildman–Crippen LogP) is 4.05. The standard InChI is InChI=1S/C8H6S2.BrH/c1-3-7(9-5-1)8-4-2-6-10-8;/h1-6H;1H. The van der Waals surface area contributed by atoms with Crippen molar-refractivity contribution in [2.24, 2.45) is 0 Å². The number of rotatable bonds is 1. The molecule has 0 bridgehead atoms. The summed E-state index contributed by atoms with van der Waals surface area (Å²) in [5.74, 6) is 0. The van der Waals surface area contributed by atoms with Crippen molar-refractivity contribution in [2.75, 3.05) is 0 Å². The van der Waals surface area contributed by atoms with E-state index >= 15 is 0 Å². The van der Waals surface area contributed by atoms with Crippen LogP contribution in [0, 0.1) is 0 Å². The first kappa shape index (κ1) is 8.97. The highest BCUT2D eigenvalue weighted by Gasteiger charge is 1.96. The minimum absolute atomic E-state index is 0. The van der Waals surface area contributed by atoms with Crippen molar-refractivity contribution in [3.05, 3.63) is 35.0 Å². The van der Waals surface area contributed by atoms with E-state index in [1.54, 1.807) is 22.7 Å². The second kappa shape index (κ2) is 4.04. The molecular formula is C8H7BrS2. The average Bonchev–Trinajstić information content (AvgIpc) is 2.59. The molecule has 0 aliphatic rings. The van der Waals surface area contributed by atoms with Crippen molar-refractivity contribution < 1.29 is 0 Å². The second-order valence-corrected chi connectivity index (χ2v) is 3.85. The summed E-state index contributed by atoms with van der Waals surface area (Å²) in [7, 11) is 0. The molecule has 0 fully saturated rings. The fourth-order valence-electron chi connectivity index (χ4n) is 0.838. The van der Waals surface area contributed by atoms with Gasteiger partial charge in [-0.1, -0.05) is 12.1 Å². The zero-order chi connectivity index (χ0) is 6.81. The maximum Gasteiger partial charge on any atom is 0.0442 e. The van der Waals surface area contributed by atoms with Gasteiger partial charge in [-0.3, -0.25) is 0 Å². The van der Waals surface area contributed by atoms with Gasteiger partial charge < -0.3 is 0 Å². The van der Waals surface area contributed by atoms with E-state index in [0.29, 0.717) is 0 Å². The molecule has 58 valence electrons. The monoisotopic (exact) mass is 246 g/mol. The summed E-state index contributed by atoms with van der Waals surface area (Å²) in [5, 5.41) is 4.21. The van der Waals surface area contributed by atoms with Crippen LogP contribution in [-0.2, 0) is 0 Å². The smallest absolute Gasteiger partial charge is 0.0442 e. The van der Waals surface area contributed by atoms with Gasteiger partial charge in [-0.25, -0.2) is 0 Å². The van der Waals surface area contributed by atoms with Gasteiger partial charge in [0.25, 0.3) is 0 Å². The van der Waals surface area contributed by atoms with Crippen LogP contribution in [-0.4, -0.2) is 0 Å². The fraction of sp³-hybridized carbons (Fsp3) is 0. The third kappa shape index (κ3) is 1.92. The van der Waals surface area contributed by atoms with Crippen LogP contribution in [0.2, 0.25) is 0 Å². The number of hydrogen-bond donors (Lipinski definition) is 0. The van der Waals surface area contributed by atoms with E-state index in [4.69, 9.17) is 0 Å². The van der Waals surface area contributed by atoms with Gasteiger partial charge in [-0.05, 0) is 22.9 Å². The Kier molecular flexibility index (Phi) is 3.30. The van der Waals surface area contributed by atoms with Crippen molar-refractivity contribution in [3.63, 3.8) is 0 Å². The van der Waals surface area contributed by atoms with Gasteiger partial charge in [0.15, 0.2) is 0 Å². The molecule has 0 amide bonds. The van der Waals surface area contributed by atoms with E-state index in [1.165, 1.54) is 9.75 Å². The van der Waals surface area contributed by atoms with Gasteiger partial charge in [0, 0.05) is 9.75 Å². The van der Waals surface area contributed by atoms with Crippen molar-refractivity contribution >= 4 is 39.7 Å². The molecule has 2 aromatic rings. The Balaban J connectivity index is 0.000000605. The second-order valence-electron chi connectivity index (χ2n) is 1.95. The maximum absolute atomic E-state index is 2.15. The molecule has 0 spiro atoms. The molecule has 0 saturated heterocycles. The molecule has 2 aromatic heterocycles. The van der Waals surface area contributed by atoms with Crippen LogP contribution in [0.25, 0.3) is 9.75 Å². The Labute approximate surface area is 84.3 Å². The summed E-state index contributed by atoms with van der Waals surface area (Å²) in [6.45, 7) is 0. The lowest BCUT2D eigenvalue weighted by Gasteiger charge is -1.84. The van der Waals surface area contributed by atoms with Gasteiger partial charge >= 0.3 is 0 Å². The van der Waals surface area contributed by atoms with Crippen molar-refractivity contribution in [1.82, 2.24) is 0 Å². The summed E-state index contributed by atoms with van der Waals surface area (Å²) in [5.41, 5.74) is 0. The maximum atomic E-state index is 2.15. The van der Waals surface area contributed by atoms with Crippen LogP contribution in [0.3, 0.4) is 0 Å². The molecule has 0 atom stereocenters. The van der Waals surface area contributed by atoms with Crippen molar-refractivity contribution in [1.29, 1.82) is 0 Å². The molecule has 0 aromatic carbocycles. The molecule has 0 aliphatic carbocycles. The molecule has 0 aliphatic heterocycles. The summed E-state index contributed by atoms with van der Waals surface area (Å²) < 4.78 is 0. The summed E-state index contributed by atoms with van der Waals surface area (Å²) >= 11 is 3.58. The first-order valence-corrected chi connectivity index (χ1v) is 4.80. The lowest BCUT2D eigenvalue weighted by atomic mass is 10.4. The molecule has 0 unspecified atom stereocenters. The summed E-state index contributed by atoms with van der Waals surface area (Å²) in [6.07, 6.45) is 0. The largest absolute Gasteiger partial charge is 0.143 e. The lowest BCUT2D eigenvalue weighted by molar-refractivity contribution is 1.93. The van der Waals surface area contributed by atoms with E-state index < -0.39 is 0 Å². The van der Waals surface area contributed by atoms with E-state index in [1.807, 2.05) is 0 Å². The highest BCUT2D eigenvalue weighted by molar-refractivity contribution is 8.93. The molecular weight excluding hydrogens is 240 g/mol. The molecule has 11 heavy (non-hydrogen) atoms. The van der Waals surface area contributed by atoms with E-state index in [2.05, 4.69) is 35.0 Å². The van der Waals surface area contributed by atoms with Crippen LogP contribution >= 0.6 is 39.7 Å². The van der Waals surface area contributed by atoms with Crippen LogP contribution in [0.15, 0.2) is 35.0 Å². The predicted molar refractivity (Wildman–Crippen MR) is 58.0 cm³/mol. The van der Waals surface area contributed by atoms with E-state index in [9.17, 15) is 0 Å². The minimum atomic E-state index is 0. The lowest BCUT2D eigenvalue weighted by Crippen LogP contribution is -1.55. The Morgan fingerprint density at radius 1 is 0.818 bits per heavy atom. The van der Waals surface area contributed by atoms with Crippen molar-refractivity contribution in [3.8, 4) is 9.75 Å². The van der Waals surface area contributed by atoms with Crippen LogP contribution < -0.4 is 0 Å². The average molecular weight is 247 g/mol. The molecule has 0 saturated carbocycles. The van der Waals surface area contributed by atoms with Gasteiger partial charge in [0.2, 0.25) is 0 Å². The third-order valence-electron chi connectivity index (χ3n) is 1.29. The quantitative estimate of drug-likeness (QED) is 0.713. The first-order valence-electron chi connectivity index (χ1n) is 3.04. The molecule has 3 heteroatoms. The van der Waals surface area contributed by atoms with Gasteiger partial charge in [0.05, 0.1) is 0 Å². The topological polar surface area (TPSA) is 0 Å². The fourth-order valence-corrected chi connectivity index (χ4v) is 2.42. The summed E-state index contributed by atoms with van der Waals surface area (Å²) in [6, 6.07) is 8.46. The highest BCUT2D eigenvalue weighted by Crippen LogP contribution is 2.28. The van der Waals surface area contributed by atoms with Gasteiger partial charge in [-0.2, -0.15) is 0 Å². The van der Waals surface area contributed by atoms with Crippen LogP contribution in [0.4, 0.5) is 0 Å². The van der Waals surface area contributed by atoms with Crippen molar-refractivity contribution in [2.45, 2.75) is 0 Å². The number of halogens is 1. The van der Waals surface area contributed by atoms with E-state index in [0.717, 1.165) is 0 Å². The minimum Gasteiger partial charge on any atom is -0.143 e. The molecule has 2 heterocycles. The third-order valence-corrected chi connectivity index (χ3v) is 3.22. The Morgan fingerprint density at radius 3 is 1.55 bits per heavy atom.